The zero-order valence-electron chi connectivity index (χ0n) is 17.8. The number of aliphatic hydroxyl groups is 1. The number of pyridine rings is 1. The molecule has 2 aromatic heterocycles. The van der Waals surface area contributed by atoms with Gasteiger partial charge in [-0.1, -0.05) is 65.9 Å². The number of fused-ring (bicyclic) bond motifs is 1. The third kappa shape index (κ3) is 4.15. The molecule has 0 saturated carbocycles. The SMILES string of the molecule is O=C(O)c1cn(Cc2ccccc2-c2ccccc2)c2sc(N3CCC(O)CC3)nc2c1=O. The van der Waals surface area contributed by atoms with Crippen LogP contribution < -0.4 is 10.3 Å². The van der Waals surface area contributed by atoms with E-state index in [-0.39, 0.29) is 17.2 Å². The third-order valence-corrected chi connectivity index (χ3v) is 7.17. The van der Waals surface area contributed by atoms with Crippen LogP contribution in [-0.2, 0) is 6.54 Å². The highest BCUT2D eigenvalue weighted by Crippen LogP contribution is 2.31. The van der Waals surface area contributed by atoms with Crippen molar-refractivity contribution in [2.45, 2.75) is 25.5 Å². The van der Waals surface area contributed by atoms with Gasteiger partial charge in [-0.3, -0.25) is 4.79 Å². The van der Waals surface area contributed by atoms with E-state index >= 15 is 0 Å². The van der Waals surface area contributed by atoms with Gasteiger partial charge in [0.2, 0.25) is 5.43 Å². The summed E-state index contributed by atoms with van der Waals surface area (Å²) in [6.07, 6.45) is 2.40. The molecule has 0 unspecified atom stereocenters. The first-order chi connectivity index (χ1) is 16.0. The molecule has 0 radical (unpaired) electrons. The zero-order valence-corrected chi connectivity index (χ0v) is 18.7. The first kappa shape index (κ1) is 21.4. The van der Waals surface area contributed by atoms with E-state index in [2.05, 4.69) is 9.88 Å². The average molecular weight is 462 g/mol. The van der Waals surface area contributed by atoms with Crippen LogP contribution in [-0.4, -0.2) is 44.9 Å². The maximum Gasteiger partial charge on any atom is 0.341 e. The number of aliphatic hydroxyl groups excluding tert-OH is 1. The summed E-state index contributed by atoms with van der Waals surface area (Å²) < 4.78 is 1.82. The fourth-order valence-corrected chi connectivity index (χ4v) is 5.34. The Morgan fingerprint density at radius 1 is 1.06 bits per heavy atom. The van der Waals surface area contributed by atoms with E-state index in [1.807, 2.05) is 59.2 Å². The third-order valence-electron chi connectivity index (χ3n) is 6.01. The second-order valence-corrected chi connectivity index (χ2v) is 9.15. The highest BCUT2D eigenvalue weighted by atomic mass is 32.1. The van der Waals surface area contributed by atoms with Crippen molar-refractivity contribution in [3.8, 4) is 11.1 Å². The van der Waals surface area contributed by atoms with E-state index in [4.69, 9.17) is 0 Å². The molecule has 2 N–H and O–H groups in total. The van der Waals surface area contributed by atoms with Crippen LogP contribution in [0, 0.1) is 0 Å². The summed E-state index contributed by atoms with van der Waals surface area (Å²) in [4.78, 5) is 32.0. The van der Waals surface area contributed by atoms with Crippen LogP contribution in [0.4, 0.5) is 5.13 Å². The van der Waals surface area contributed by atoms with Gasteiger partial charge < -0.3 is 19.7 Å². The monoisotopic (exact) mass is 461 g/mol. The van der Waals surface area contributed by atoms with Crippen molar-refractivity contribution in [2.75, 3.05) is 18.0 Å². The van der Waals surface area contributed by atoms with Crippen LogP contribution in [0.25, 0.3) is 21.5 Å². The van der Waals surface area contributed by atoms with Crippen molar-refractivity contribution < 1.29 is 15.0 Å². The first-order valence-electron chi connectivity index (χ1n) is 10.8. The lowest BCUT2D eigenvalue weighted by molar-refractivity contribution is 0.0694. The number of carboxylic acids is 1. The molecular weight excluding hydrogens is 438 g/mol. The molecule has 5 rings (SSSR count). The van der Waals surface area contributed by atoms with Crippen molar-refractivity contribution in [1.82, 2.24) is 9.55 Å². The molecule has 0 aliphatic carbocycles. The standard InChI is InChI=1S/C25H23N3O4S/c29-18-10-12-27(13-11-18)25-26-21-22(30)20(24(31)32)15-28(23(21)33-25)14-17-8-4-5-9-19(17)16-6-2-1-3-7-16/h1-9,15,18,29H,10-14H2,(H,31,32). The van der Waals surface area contributed by atoms with Gasteiger partial charge in [-0.15, -0.1) is 0 Å². The highest BCUT2D eigenvalue weighted by Gasteiger charge is 2.24. The quantitative estimate of drug-likeness (QED) is 0.469. The Morgan fingerprint density at radius 3 is 2.48 bits per heavy atom. The Bertz CT molecular complexity index is 1370. The Balaban J connectivity index is 1.62. The van der Waals surface area contributed by atoms with Crippen molar-refractivity contribution in [3.63, 3.8) is 0 Å². The number of thiazole rings is 1. The molecule has 0 amide bonds. The number of hydrogen-bond acceptors (Lipinski definition) is 6. The predicted octanol–water partition coefficient (Wildman–Crippen LogP) is 3.83. The van der Waals surface area contributed by atoms with Gasteiger partial charge in [0.25, 0.3) is 0 Å². The lowest BCUT2D eigenvalue weighted by Crippen LogP contribution is -2.35. The van der Waals surface area contributed by atoms with Gasteiger partial charge in [-0.2, -0.15) is 0 Å². The lowest BCUT2D eigenvalue weighted by atomic mass is 9.99. The number of nitrogens with zero attached hydrogens (tertiary/aromatic N) is 3. The maximum atomic E-state index is 12.9. The van der Waals surface area contributed by atoms with E-state index in [0.29, 0.717) is 42.4 Å². The molecule has 1 aliphatic heterocycles. The second-order valence-electron chi connectivity index (χ2n) is 8.20. The van der Waals surface area contributed by atoms with E-state index < -0.39 is 11.4 Å². The number of anilines is 1. The van der Waals surface area contributed by atoms with Crippen LogP contribution in [0.3, 0.4) is 0 Å². The van der Waals surface area contributed by atoms with Crippen LogP contribution in [0.2, 0.25) is 0 Å². The van der Waals surface area contributed by atoms with Crippen LogP contribution in [0.1, 0.15) is 28.8 Å². The van der Waals surface area contributed by atoms with Gasteiger partial charge in [0, 0.05) is 25.8 Å². The summed E-state index contributed by atoms with van der Waals surface area (Å²) in [6, 6.07) is 18.0. The number of hydrogen-bond donors (Lipinski definition) is 2. The minimum absolute atomic E-state index is 0.179. The van der Waals surface area contributed by atoms with Crippen molar-refractivity contribution in [2.24, 2.45) is 0 Å². The summed E-state index contributed by atoms with van der Waals surface area (Å²) in [6.45, 7) is 1.71. The summed E-state index contributed by atoms with van der Waals surface area (Å²) in [7, 11) is 0. The smallest absolute Gasteiger partial charge is 0.341 e. The van der Waals surface area contributed by atoms with Gasteiger partial charge in [-0.25, -0.2) is 9.78 Å². The van der Waals surface area contributed by atoms with Gasteiger partial charge in [0.1, 0.15) is 15.9 Å². The Hall–Kier alpha value is -3.49. The molecule has 1 fully saturated rings. The van der Waals surface area contributed by atoms with Crippen molar-refractivity contribution in [3.05, 3.63) is 82.1 Å². The summed E-state index contributed by atoms with van der Waals surface area (Å²) >= 11 is 1.39. The van der Waals surface area contributed by atoms with E-state index in [0.717, 1.165) is 16.7 Å². The van der Waals surface area contributed by atoms with Crippen LogP contribution in [0.5, 0.6) is 0 Å². The lowest BCUT2D eigenvalue weighted by Gasteiger charge is -2.28. The van der Waals surface area contributed by atoms with Crippen molar-refractivity contribution >= 4 is 32.8 Å². The van der Waals surface area contributed by atoms with Crippen LogP contribution in [0.15, 0.2) is 65.6 Å². The van der Waals surface area contributed by atoms with Gasteiger partial charge >= 0.3 is 5.97 Å². The largest absolute Gasteiger partial charge is 0.477 e. The molecule has 33 heavy (non-hydrogen) atoms. The number of piperidine rings is 1. The Kier molecular flexibility index (Phi) is 5.70. The van der Waals surface area contributed by atoms with Gasteiger partial charge in [0.15, 0.2) is 5.13 Å². The molecule has 168 valence electrons. The minimum Gasteiger partial charge on any atom is -0.477 e. The van der Waals surface area contributed by atoms with E-state index in [9.17, 15) is 19.8 Å². The fourth-order valence-electron chi connectivity index (χ4n) is 4.25. The second kappa shape index (κ2) is 8.80. The predicted molar refractivity (Wildman–Crippen MR) is 129 cm³/mol. The molecule has 4 aromatic rings. The Morgan fingerprint density at radius 2 is 1.76 bits per heavy atom. The molecule has 1 saturated heterocycles. The minimum atomic E-state index is -1.26. The van der Waals surface area contributed by atoms with E-state index in [1.54, 1.807) is 0 Å². The molecule has 0 bridgehead atoms. The highest BCUT2D eigenvalue weighted by molar-refractivity contribution is 7.21. The molecule has 2 aromatic carbocycles. The number of carbonyl (C=O) groups is 1. The maximum absolute atomic E-state index is 12.9. The zero-order chi connectivity index (χ0) is 22.9. The van der Waals surface area contributed by atoms with E-state index in [1.165, 1.54) is 17.5 Å². The molecule has 0 atom stereocenters. The fraction of sp³-hybridized carbons (Fsp3) is 0.240. The molecule has 7 nitrogen and oxygen atoms in total. The molecule has 1 aliphatic rings. The van der Waals surface area contributed by atoms with Crippen LogP contribution >= 0.6 is 11.3 Å². The normalized spacial score (nSPS) is 14.6. The first-order valence-corrected chi connectivity index (χ1v) is 11.7. The summed E-state index contributed by atoms with van der Waals surface area (Å²) in [5, 5.41) is 20.2. The number of aromatic nitrogens is 2. The topological polar surface area (TPSA) is 95.7 Å². The molecule has 0 spiro atoms. The summed E-state index contributed by atoms with van der Waals surface area (Å²) in [5.41, 5.74) is 2.46. The molecule has 3 heterocycles. The number of carboxylic acid groups (broad SMARTS) is 1. The number of benzene rings is 2. The number of aromatic carboxylic acids is 1. The van der Waals surface area contributed by atoms with Crippen molar-refractivity contribution in [1.29, 1.82) is 0 Å². The number of rotatable bonds is 5. The molecular formula is C25H23N3O4S. The van der Waals surface area contributed by atoms with Gasteiger partial charge in [0.05, 0.1) is 6.10 Å². The molecule has 8 heteroatoms. The van der Waals surface area contributed by atoms with Gasteiger partial charge in [-0.05, 0) is 29.5 Å². The Labute approximate surface area is 194 Å². The average Bonchev–Trinajstić information content (AvgIpc) is 3.28. The summed E-state index contributed by atoms with van der Waals surface area (Å²) in [5.74, 6) is -1.26.